The van der Waals surface area contributed by atoms with Gasteiger partial charge in [0.05, 0.1) is 30.7 Å². The van der Waals surface area contributed by atoms with Crippen LogP contribution in [0.25, 0.3) is 16.6 Å². The zero-order chi connectivity index (χ0) is 27.9. The Morgan fingerprint density at radius 1 is 1.30 bits per heavy atom. The van der Waals surface area contributed by atoms with Crippen LogP contribution in [-0.4, -0.2) is 60.0 Å². The van der Waals surface area contributed by atoms with Crippen LogP contribution in [0.1, 0.15) is 54.8 Å². The molecule has 2 aliphatic rings. The number of aliphatic hydroxyl groups is 1. The number of aromatic nitrogens is 5. The van der Waals surface area contributed by atoms with Gasteiger partial charge in [0.2, 0.25) is 5.91 Å². The van der Waals surface area contributed by atoms with E-state index < -0.39 is 6.10 Å². The fourth-order valence-corrected chi connectivity index (χ4v) is 6.24. The monoisotopic (exact) mass is 537 g/mol. The third-order valence-electron chi connectivity index (χ3n) is 8.50. The van der Waals surface area contributed by atoms with E-state index in [1.165, 1.54) is 12.3 Å². The number of piperidine rings is 1. The first kappa shape index (κ1) is 25.8. The van der Waals surface area contributed by atoms with Crippen LogP contribution < -0.4 is 4.74 Å². The van der Waals surface area contributed by atoms with Crippen LogP contribution >= 0.6 is 0 Å². The number of pyridine rings is 2. The molecule has 0 bridgehead atoms. The molecule has 4 aromatic heterocycles. The minimum absolute atomic E-state index is 0.0167. The number of nitrogens with zero attached hydrogens (tertiary/aromatic N) is 7. The molecule has 6 rings (SSSR count). The SMILES string of the molecule is C=CC(=O)N1CCC2(CC1)CC(n1ncc(-c3cc(O[C@@H](CO)c4ccccn4)c4c(C#N)cnn4c3)c1C)C2. The number of likely N-dealkylation sites (tertiary alicyclic amines) is 1. The summed E-state index contributed by atoms with van der Waals surface area (Å²) in [4.78, 5) is 18.2. The summed E-state index contributed by atoms with van der Waals surface area (Å²) in [5.41, 5.74) is 4.62. The number of amides is 1. The highest BCUT2D eigenvalue weighted by atomic mass is 16.5. The molecule has 1 spiro atoms. The molecule has 1 saturated heterocycles. The quantitative estimate of drug-likeness (QED) is 0.354. The topological polar surface area (TPSA) is 122 Å². The van der Waals surface area contributed by atoms with Crippen molar-refractivity contribution in [2.75, 3.05) is 19.7 Å². The third-order valence-corrected chi connectivity index (χ3v) is 8.50. The summed E-state index contributed by atoms with van der Waals surface area (Å²) in [5, 5.41) is 28.9. The van der Waals surface area contributed by atoms with E-state index in [2.05, 4.69) is 34.3 Å². The Kier molecular flexibility index (Phi) is 6.60. The lowest BCUT2D eigenvalue weighted by molar-refractivity contribution is -0.130. The second-order valence-electron chi connectivity index (χ2n) is 10.8. The molecule has 1 saturated carbocycles. The fraction of sp³-hybridized carbons (Fsp3) is 0.367. The van der Waals surface area contributed by atoms with Crippen molar-refractivity contribution in [3.05, 3.63) is 78.7 Å². The van der Waals surface area contributed by atoms with Gasteiger partial charge in [0.1, 0.15) is 22.9 Å². The first-order chi connectivity index (χ1) is 19.4. The van der Waals surface area contributed by atoms with Crippen molar-refractivity contribution in [2.45, 2.75) is 44.8 Å². The van der Waals surface area contributed by atoms with E-state index in [1.807, 2.05) is 29.4 Å². The van der Waals surface area contributed by atoms with Crippen molar-refractivity contribution in [3.63, 3.8) is 0 Å². The first-order valence-electron chi connectivity index (χ1n) is 13.5. The van der Waals surface area contributed by atoms with Gasteiger partial charge in [0.15, 0.2) is 6.10 Å². The molecule has 0 radical (unpaired) electrons. The molecule has 40 heavy (non-hydrogen) atoms. The van der Waals surface area contributed by atoms with Crippen LogP contribution in [0, 0.1) is 23.7 Å². The Hall–Kier alpha value is -4.49. The van der Waals surface area contributed by atoms with Gasteiger partial charge in [-0.25, -0.2) is 4.52 Å². The lowest BCUT2D eigenvalue weighted by Crippen LogP contribution is -2.49. The number of nitriles is 1. The summed E-state index contributed by atoms with van der Waals surface area (Å²) in [6, 6.07) is 9.82. The maximum Gasteiger partial charge on any atom is 0.245 e. The second kappa shape index (κ2) is 10.2. The molecule has 1 aliphatic heterocycles. The van der Waals surface area contributed by atoms with Gasteiger partial charge < -0.3 is 14.7 Å². The largest absolute Gasteiger partial charge is 0.479 e. The molecule has 0 unspecified atom stereocenters. The van der Waals surface area contributed by atoms with E-state index >= 15 is 0 Å². The molecular formula is C30H31N7O3. The van der Waals surface area contributed by atoms with Gasteiger partial charge in [0, 0.05) is 42.3 Å². The van der Waals surface area contributed by atoms with E-state index in [0.29, 0.717) is 28.6 Å². The van der Waals surface area contributed by atoms with E-state index in [0.717, 1.165) is 55.6 Å². The highest BCUT2D eigenvalue weighted by molar-refractivity contribution is 5.87. The van der Waals surface area contributed by atoms with Crippen molar-refractivity contribution in [3.8, 4) is 22.9 Å². The average Bonchev–Trinajstić information content (AvgIpc) is 3.57. The van der Waals surface area contributed by atoms with Crippen molar-refractivity contribution in [1.82, 2.24) is 29.3 Å². The van der Waals surface area contributed by atoms with Gasteiger partial charge in [-0.1, -0.05) is 12.6 Å². The highest BCUT2D eigenvalue weighted by Crippen LogP contribution is 2.55. The van der Waals surface area contributed by atoms with Crippen LogP contribution in [0.3, 0.4) is 0 Å². The summed E-state index contributed by atoms with van der Waals surface area (Å²) in [6.07, 6.45) is 11.7. The predicted molar refractivity (Wildman–Crippen MR) is 147 cm³/mol. The van der Waals surface area contributed by atoms with Crippen molar-refractivity contribution < 1.29 is 14.6 Å². The summed E-state index contributed by atoms with van der Waals surface area (Å²) < 4.78 is 10.0. The van der Waals surface area contributed by atoms with Crippen LogP contribution in [-0.2, 0) is 4.79 Å². The molecule has 2 fully saturated rings. The first-order valence-corrected chi connectivity index (χ1v) is 13.5. The van der Waals surface area contributed by atoms with Gasteiger partial charge in [-0.05, 0) is 62.3 Å². The zero-order valence-corrected chi connectivity index (χ0v) is 22.4. The third kappa shape index (κ3) is 4.42. The van der Waals surface area contributed by atoms with Crippen LogP contribution in [0.2, 0.25) is 0 Å². The number of hydrogen-bond acceptors (Lipinski definition) is 7. The number of hydrogen-bond donors (Lipinski definition) is 1. The lowest BCUT2D eigenvalue weighted by Gasteiger charge is -2.52. The minimum atomic E-state index is -0.704. The Morgan fingerprint density at radius 2 is 2.10 bits per heavy atom. The number of carbonyl (C=O) groups is 1. The molecule has 1 N–H and O–H groups in total. The van der Waals surface area contributed by atoms with Crippen molar-refractivity contribution in [1.29, 1.82) is 5.26 Å². The van der Waals surface area contributed by atoms with Gasteiger partial charge in [-0.2, -0.15) is 15.5 Å². The van der Waals surface area contributed by atoms with Crippen LogP contribution in [0.5, 0.6) is 5.75 Å². The van der Waals surface area contributed by atoms with Gasteiger partial charge >= 0.3 is 0 Å². The van der Waals surface area contributed by atoms with Gasteiger partial charge in [-0.15, -0.1) is 0 Å². The van der Waals surface area contributed by atoms with Crippen LogP contribution in [0.4, 0.5) is 0 Å². The standard InChI is InChI=1S/C30H31N7O3/c1-3-28(39)35-10-7-30(8-11-35)13-23(14-30)37-20(2)24(17-34-37)21-12-26(29-22(15-31)16-33-36(29)18-21)40-27(19-38)25-6-4-5-9-32-25/h3-6,9,12,16-18,23,27,38H,1,7-8,10-11,13-14,19H2,2H3/t27-/m0/s1. The summed E-state index contributed by atoms with van der Waals surface area (Å²) in [5.74, 6) is 0.454. The molecule has 1 amide bonds. The number of carbonyl (C=O) groups excluding carboxylic acids is 1. The molecule has 1 atom stereocenters. The molecule has 5 heterocycles. The summed E-state index contributed by atoms with van der Waals surface area (Å²) >= 11 is 0. The highest BCUT2D eigenvalue weighted by Gasteiger charge is 2.47. The van der Waals surface area contributed by atoms with Gasteiger partial charge in [-0.3, -0.25) is 14.5 Å². The van der Waals surface area contributed by atoms with E-state index in [1.54, 1.807) is 22.8 Å². The molecule has 10 heteroatoms. The Bertz CT molecular complexity index is 1600. The molecule has 204 valence electrons. The number of ether oxygens (including phenoxy) is 1. The maximum absolute atomic E-state index is 12.0. The summed E-state index contributed by atoms with van der Waals surface area (Å²) in [7, 11) is 0. The minimum Gasteiger partial charge on any atom is -0.479 e. The van der Waals surface area contributed by atoms with E-state index in [-0.39, 0.29) is 17.9 Å². The van der Waals surface area contributed by atoms with Crippen molar-refractivity contribution in [2.24, 2.45) is 5.41 Å². The average molecular weight is 538 g/mol. The number of rotatable bonds is 7. The van der Waals surface area contributed by atoms with Gasteiger partial charge in [0.25, 0.3) is 0 Å². The number of fused-ring (bicyclic) bond motifs is 1. The smallest absolute Gasteiger partial charge is 0.245 e. The predicted octanol–water partition coefficient (Wildman–Crippen LogP) is 4.02. The van der Waals surface area contributed by atoms with Crippen LogP contribution in [0.15, 0.2) is 61.7 Å². The zero-order valence-electron chi connectivity index (χ0n) is 22.4. The molecule has 10 nitrogen and oxygen atoms in total. The Labute approximate surface area is 232 Å². The normalized spacial score (nSPS) is 17.4. The number of aliphatic hydroxyl groups excluding tert-OH is 1. The molecule has 4 aromatic rings. The molecular weight excluding hydrogens is 506 g/mol. The molecule has 1 aliphatic carbocycles. The Morgan fingerprint density at radius 3 is 2.77 bits per heavy atom. The lowest BCUT2D eigenvalue weighted by atomic mass is 9.60. The van der Waals surface area contributed by atoms with Crippen molar-refractivity contribution >= 4 is 11.4 Å². The molecule has 0 aromatic carbocycles. The second-order valence-corrected chi connectivity index (χ2v) is 10.8. The maximum atomic E-state index is 12.0. The Balaban J connectivity index is 1.27. The van der Waals surface area contributed by atoms with E-state index in [9.17, 15) is 15.2 Å². The fourth-order valence-electron chi connectivity index (χ4n) is 6.24. The summed E-state index contributed by atoms with van der Waals surface area (Å²) in [6.45, 7) is 6.97. The van der Waals surface area contributed by atoms with E-state index in [4.69, 9.17) is 9.84 Å².